The lowest BCUT2D eigenvalue weighted by atomic mass is 10.4. The summed E-state index contributed by atoms with van der Waals surface area (Å²) in [6, 6.07) is 0. The normalized spacial score (nSPS) is 10.4. The predicted octanol–water partition coefficient (Wildman–Crippen LogP) is -0.593. The molecule has 0 rings (SSSR count). The molecule has 0 aliphatic rings. The third kappa shape index (κ3) is 7.03. The van der Waals surface area contributed by atoms with E-state index in [4.69, 9.17) is 24.4 Å². The number of rotatable bonds is 8. The zero-order valence-electron chi connectivity index (χ0n) is 8.64. The van der Waals surface area contributed by atoms with Crippen molar-refractivity contribution in [3.63, 3.8) is 0 Å². The highest BCUT2D eigenvalue weighted by Gasteiger charge is 2.15. The van der Waals surface area contributed by atoms with Gasteiger partial charge < -0.3 is 24.4 Å². The van der Waals surface area contributed by atoms with Gasteiger partial charge in [-0.1, -0.05) is 6.58 Å². The first kappa shape index (κ1) is 14.1. The van der Waals surface area contributed by atoms with E-state index in [0.717, 1.165) is 0 Å². The molecule has 0 unspecified atom stereocenters. The fraction of sp³-hybridized carbons (Fsp3) is 0.667. The molecule has 0 amide bonds. The Balaban J connectivity index is 3.98. The van der Waals surface area contributed by atoms with E-state index in [1.165, 1.54) is 6.92 Å². The molecule has 0 radical (unpaired) electrons. The SMILES string of the molecule is C=C(C)C(=O)OC(OCCO)OCCO. The lowest BCUT2D eigenvalue weighted by molar-refractivity contribution is -0.277. The molecule has 0 saturated heterocycles. The molecule has 6 nitrogen and oxygen atoms in total. The predicted molar refractivity (Wildman–Crippen MR) is 50.8 cm³/mol. The van der Waals surface area contributed by atoms with Crippen molar-refractivity contribution in [1.29, 1.82) is 0 Å². The van der Waals surface area contributed by atoms with Gasteiger partial charge in [-0.2, -0.15) is 0 Å². The molecular formula is C9H16O6. The van der Waals surface area contributed by atoms with Crippen LogP contribution in [0.1, 0.15) is 6.92 Å². The summed E-state index contributed by atoms with van der Waals surface area (Å²) < 4.78 is 14.4. The lowest BCUT2D eigenvalue weighted by Crippen LogP contribution is -2.27. The van der Waals surface area contributed by atoms with Gasteiger partial charge in [0.1, 0.15) is 0 Å². The number of hydrogen-bond acceptors (Lipinski definition) is 6. The molecule has 0 fully saturated rings. The minimum absolute atomic E-state index is 0.0282. The first-order chi connectivity index (χ1) is 7.11. The van der Waals surface area contributed by atoms with Gasteiger partial charge >= 0.3 is 12.4 Å². The fourth-order valence-corrected chi connectivity index (χ4v) is 0.602. The molecule has 0 aromatic carbocycles. The number of aliphatic hydroxyl groups excluding tert-OH is 2. The largest absolute Gasteiger partial charge is 0.407 e. The van der Waals surface area contributed by atoms with Gasteiger partial charge in [-0.3, -0.25) is 0 Å². The summed E-state index contributed by atoms with van der Waals surface area (Å²) in [6.07, 6.45) is 0. The van der Waals surface area contributed by atoms with Crippen molar-refractivity contribution in [1.82, 2.24) is 0 Å². The summed E-state index contributed by atoms with van der Waals surface area (Å²) >= 11 is 0. The van der Waals surface area contributed by atoms with Crippen LogP contribution >= 0.6 is 0 Å². The van der Waals surface area contributed by atoms with Crippen molar-refractivity contribution in [3.8, 4) is 0 Å². The molecule has 0 spiro atoms. The maximum absolute atomic E-state index is 11.1. The van der Waals surface area contributed by atoms with Crippen LogP contribution in [0.2, 0.25) is 0 Å². The molecule has 2 N–H and O–H groups in total. The van der Waals surface area contributed by atoms with Crippen molar-refractivity contribution in [2.24, 2.45) is 0 Å². The van der Waals surface area contributed by atoms with E-state index in [1.54, 1.807) is 0 Å². The smallest absolute Gasteiger partial charge is 0.337 e. The lowest BCUT2D eigenvalue weighted by Gasteiger charge is -2.17. The Hall–Kier alpha value is -0.950. The quantitative estimate of drug-likeness (QED) is 0.323. The monoisotopic (exact) mass is 220 g/mol. The third-order valence-corrected chi connectivity index (χ3v) is 1.24. The van der Waals surface area contributed by atoms with Crippen LogP contribution in [0.5, 0.6) is 0 Å². The number of aliphatic hydroxyl groups is 2. The Bertz CT molecular complexity index is 195. The molecular weight excluding hydrogens is 204 g/mol. The highest BCUT2D eigenvalue weighted by Crippen LogP contribution is 2.02. The number of carbonyl (C=O) groups excluding carboxylic acids is 1. The average molecular weight is 220 g/mol. The Morgan fingerprint density at radius 2 is 1.73 bits per heavy atom. The van der Waals surface area contributed by atoms with E-state index in [1.807, 2.05) is 0 Å². The van der Waals surface area contributed by atoms with E-state index in [9.17, 15) is 4.79 Å². The van der Waals surface area contributed by atoms with Crippen LogP contribution in [0.15, 0.2) is 12.2 Å². The van der Waals surface area contributed by atoms with Crippen LogP contribution < -0.4 is 0 Å². The van der Waals surface area contributed by atoms with Gasteiger partial charge in [0.15, 0.2) is 0 Å². The molecule has 0 aromatic rings. The molecule has 0 bridgehead atoms. The van der Waals surface area contributed by atoms with Gasteiger partial charge in [0.2, 0.25) is 0 Å². The maximum atomic E-state index is 11.1. The van der Waals surface area contributed by atoms with E-state index in [2.05, 4.69) is 6.58 Å². The Kier molecular flexibility index (Phi) is 7.84. The molecule has 15 heavy (non-hydrogen) atoms. The summed E-state index contributed by atoms with van der Waals surface area (Å²) in [5.41, 5.74) is 0.209. The average Bonchev–Trinajstić information content (AvgIpc) is 2.21. The van der Waals surface area contributed by atoms with E-state index >= 15 is 0 Å². The van der Waals surface area contributed by atoms with Crippen molar-refractivity contribution in [2.45, 2.75) is 13.4 Å². The van der Waals surface area contributed by atoms with Crippen molar-refractivity contribution in [2.75, 3.05) is 26.4 Å². The molecule has 0 heterocycles. The first-order valence-corrected chi connectivity index (χ1v) is 4.43. The molecule has 0 aliphatic heterocycles. The van der Waals surface area contributed by atoms with Gasteiger partial charge in [0.05, 0.1) is 26.4 Å². The van der Waals surface area contributed by atoms with E-state index < -0.39 is 12.4 Å². The molecule has 88 valence electrons. The van der Waals surface area contributed by atoms with Gasteiger partial charge in [0, 0.05) is 5.57 Å². The van der Waals surface area contributed by atoms with Crippen LogP contribution in [0.4, 0.5) is 0 Å². The van der Waals surface area contributed by atoms with Gasteiger partial charge in [-0.25, -0.2) is 4.79 Å². The summed E-state index contributed by atoms with van der Waals surface area (Å²) in [6.45, 7) is 3.15. The van der Waals surface area contributed by atoms with Gasteiger partial charge in [0.25, 0.3) is 0 Å². The summed E-state index contributed by atoms with van der Waals surface area (Å²) in [5.74, 6) is -0.657. The van der Waals surface area contributed by atoms with Crippen LogP contribution in [-0.2, 0) is 19.0 Å². The van der Waals surface area contributed by atoms with Crippen LogP contribution in [0.25, 0.3) is 0 Å². The van der Waals surface area contributed by atoms with E-state index in [0.29, 0.717) is 0 Å². The molecule has 0 aromatic heterocycles. The third-order valence-electron chi connectivity index (χ3n) is 1.24. The van der Waals surface area contributed by atoms with Gasteiger partial charge in [-0.15, -0.1) is 0 Å². The minimum atomic E-state index is -1.23. The first-order valence-electron chi connectivity index (χ1n) is 4.43. The second-order valence-corrected chi connectivity index (χ2v) is 2.66. The Morgan fingerprint density at radius 1 is 1.27 bits per heavy atom. The van der Waals surface area contributed by atoms with Crippen LogP contribution in [0.3, 0.4) is 0 Å². The molecule has 0 aliphatic carbocycles. The summed E-state index contributed by atoms with van der Waals surface area (Å²) in [4.78, 5) is 11.1. The Morgan fingerprint density at radius 3 is 2.07 bits per heavy atom. The second-order valence-electron chi connectivity index (χ2n) is 2.66. The maximum Gasteiger partial charge on any atom is 0.337 e. The van der Waals surface area contributed by atoms with Gasteiger partial charge in [-0.05, 0) is 6.92 Å². The summed E-state index contributed by atoms with van der Waals surface area (Å²) in [7, 11) is 0. The topological polar surface area (TPSA) is 85.2 Å². The Labute approximate surface area is 88.1 Å². The van der Waals surface area contributed by atoms with Crippen molar-refractivity contribution in [3.05, 3.63) is 12.2 Å². The summed E-state index contributed by atoms with van der Waals surface area (Å²) in [5, 5.41) is 17.0. The van der Waals surface area contributed by atoms with Crippen molar-refractivity contribution < 1.29 is 29.2 Å². The van der Waals surface area contributed by atoms with Crippen LogP contribution in [0, 0.1) is 0 Å². The number of hydrogen-bond donors (Lipinski definition) is 2. The standard InChI is InChI=1S/C9H16O6/c1-7(2)8(12)15-9(13-5-3-10)14-6-4-11/h9-11H,1,3-6H2,2H3. The number of carbonyl (C=O) groups is 1. The van der Waals surface area contributed by atoms with Crippen molar-refractivity contribution >= 4 is 5.97 Å². The zero-order valence-corrected chi connectivity index (χ0v) is 8.64. The number of esters is 1. The second kappa shape index (κ2) is 8.37. The highest BCUT2D eigenvalue weighted by molar-refractivity contribution is 5.86. The molecule has 6 heteroatoms. The zero-order chi connectivity index (χ0) is 11.7. The molecule has 0 atom stereocenters. The highest BCUT2D eigenvalue weighted by atomic mass is 16.9. The van der Waals surface area contributed by atoms with E-state index in [-0.39, 0.29) is 32.0 Å². The number of ether oxygens (including phenoxy) is 3. The fourth-order valence-electron chi connectivity index (χ4n) is 0.602. The van der Waals surface area contributed by atoms with Crippen LogP contribution in [-0.4, -0.2) is 49.1 Å². The minimum Gasteiger partial charge on any atom is -0.407 e. The molecule has 0 saturated carbocycles.